The number of hydrogen-bond donors (Lipinski definition) is 2. The van der Waals surface area contributed by atoms with E-state index in [2.05, 4.69) is 31.0 Å². The lowest BCUT2D eigenvalue weighted by atomic mass is 10.1. The monoisotopic (exact) mass is 454 g/mol. The van der Waals surface area contributed by atoms with Crippen LogP contribution in [0.4, 0.5) is 10.3 Å². The van der Waals surface area contributed by atoms with Crippen LogP contribution in [0.5, 0.6) is 0 Å². The zero-order valence-corrected chi connectivity index (χ0v) is 19.3. The van der Waals surface area contributed by atoms with Gasteiger partial charge in [-0.05, 0) is 26.7 Å². The molecule has 2 N–H and O–H groups in total. The molecule has 2 aromatic rings. The molecule has 0 fully saturated rings. The summed E-state index contributed by atoms with van der Waals surface area (Å²) in [5, 5.41) is 24.1. The first-order valence-corrected chi connectivity index (χ1v) is 11.2. The highest BCUT2D eigenvalue weighted by atomic mass is 32.1. The first kappa shape index (κ1) is 23.8. The second kappa shape index (κ2) is 10.5. The molecular weight excluding hydrogens is 428 g/mol. The van der Waals surface area contributed by atoms with Gasteiger partial charge < -0.3 is 10.1 Å². The molecule has 0 aliphatic rings. The van der Waals surface area contributed by atoms with E-state index in [9.17, 15) is 14.4 Å². The number of aromatic nitrogens is 4. The number of unbranched alkanes of at least 4 members (excludes halogenated alkanes) is 1. The van der Waals surface area contributed by atoms with Gasteiger partial charge >= 0.3 is 5.97 Å². The van der Waals surface area contributed by atoms with Gasteiger partial charge in [0, 0.05) is 25.7 Å². The summed E-state index contributed by atoms with van der Waals surface area (Å²) in [5.41, 5.74) is -1.28. The maximum absolute atomic E-state index is 12.2. The number of ether oxygens (including phenoxy) is 1. The Balaban J connectivity index is 1.75. The van der Waals surface area contributed by atoms with Gasteiger partial charge in [-0.1, -0.05) is 36.5 Å². The molecule has 30 heavy (non-hydrogen) atoms. The van der Waals surface area contributed by atoms with Crippen LogP contribution in [0, 0.1) is 5.92 Å². The van der Waals surface area contributed by atoms with Gasteiger partial charge in [0.15, 0.2) is 5.60 Å². The Hall–Kier alpha value is -2.47. The van der Waals surface area contributed by atoms with Crippen LogP contribution in [0.1, 0.15) is 57.5 Å². The van der Waals surface area contributed by atoms with Crippen molar-refractivity contribution in [3.05, 3.63) is 10.0 Å². The topological polar surface area (TPSA) is 136 Å². The van der Waals surface area contributed by atoms with E-state index in [0.717, 1.165) is 35.7 Å². The maximum Gasteiger partial charge on any atom is 0.303 e. The zero-order valence-electron chi connectivity index (χ0n) is 17.6. The Morgan fingerprint density at radius 3 is 1.90 bits per heavy atom. The smallest absolute Gasteiger partial charge is 0.303 e. The molecule has 0 aliphatic heterocycles. The summed E-state index contributed by atoms with van der Waals surface area (Å²) < 4.78 is 5.01. The Morgan fingerprint density at radius 2 is 1.43 bits per heavy atom. The van der Waals surface area contributed by atoms with E-state index < -0.39 is 17.5 Å². The minimum absolute atomic E-state index is 0.0758. The zero-order chi connectivity index (χ0) is 22.3. The average Bonchev–Trinajstić information content (AvgIpc) is 3.27. The van der Waals surface area contributed by atoms with Crippen LogP contribution in [-0.2, 0) is 32.0 Å². The molecular formula is C18H26N6O4S2. The number of carbonyl (C=O) groups excluding carboxylic acids is 3. The molecule has 10 nitrogen and oxygen atoms in total. The molecule has 2 heterocycles. The summed E-state index contributed by atoms with van der Waals surface area (Å²) in [6, 6.07) is 0. The number of amides is 2. The SMILES string of the molecule is CC(=O)OC(C)(C)C(=O)Nc1nnc(CCCCc2nnc(NC(=O)C(C)C)s2)s1. The molecule has 0 bridgehead atoms. The number of rotatable bonds is 10. The van der Waals surface area contributed by atoms with Gasteiger partial charge in [0.05, 0.1) is 0 Å². The predicted octanol–water partition coefficient (Wildman–Crippen LogP) is 2.83. The average molecular weight is 455 g/mol. The molecule has 0 saturated carbocycles. The van der Waals surface area contributed by atoms with Gasteiger partial charge in [-0.3, -0.25) is 19.7 Å². The normalized spacial score (nSPS) is 11.4. The number of nitrogens with zero attached hydrogens (tertiary/aromatic N) is 4. The van der Waals surface area contributed by atoms with Gasteiger partial charge in [-0.2, -0.15) is 0 Å². The molecule has 164 valence electrons. The lowest BCUT2D eigenvalue weighted by Gasteiger charge is -2.22. The van der Waals surface area contributed by atoms with Crippen molar-refractivity contribution in [3.8, 4) is 0 Å². The lowest BCUT2D eigenvalue weighted by molar-refractivity contribution is -0.160. The third kappa shape index (κ3) is 7.41. The van der Waals surface area contributed by atoms with Crippen LogP contribution in [-0.4, -0.2) is 43.8 Å². The van der Waals surface area contributed by atoms with E-state index in [1.807, 2.05) is 13.8 Å². The summed E-state index contributed by atoms with van der Waals surface area (Å²) in [7, 11) is 0. The largest absolute Gasteiger partial charge is 0.450 e. The lowest BCUT2D eigenvalue weighted by Crippen LogP contribution is -2.41. The van der Waals surface area contributed by atoms with Gasteiger partial charge in [0.25, 0.3) is 5.91 Å². The van der Waals surface area contributed by atoms with Crippen LogP contribution in [0.3, 0.4) is 0 Å². The maximum atomic E-state index is 12.2. The molecule has 0 atom stereocenters. The van der Waals surface area contributed by atoms with Crippen molar-refractivity contribution in [3.63, 3.8) is 0 Å². The number of aryl methyl sites for hydroxylation is 2. The van der Waals surface area contributed by atoms with Crippen molar-refractivity contribution in [2.75, 3.05) is 10.6 Å². The molecule has 0 radical (unpaired) electrons. The number of esters is 1. The van der Waals surface area contributed by atoms with Crippen LogP contribution in [0.2, 0.25) is 0 Å². The predicted molar refractivity (Wildman–Crippen MR) is 114 cm³/mol. The number of hydrogen-bond acceptors (Lipinski definition) is 10. The Morgan fingerprint density at radius 1 is 0.933 bits per heavy atom. The van der Waals surface area contributed by atoms with Gasteiger partial charge in [0.1, 0.15) is 10.0 Å². The van der Waals surface area contributed by atoms with Crippen LogP contribution in [0.25, 0.3) is 0 Å². The number of carbonyl (C=O) groups is 3. The summed E-state index contributed by atoms with van der Waals surface area (Å²) in [6.07, 6.45) is 3.23. The van der Waals surface area contributed by atoms with E-state index in [1.165, 1.54) is 43.4 Å². The summed E-state index contributed by atoms with van der Waals surface area (Å²) in [4.78, 5) is 35.0. The van der Waals surface area contributed by atoms with Crippen LogP contribution < -0.4 is 10.6 Å². The summed E-state index contributed by atoms with van der Waals surface area (Å²) in [5.74, 6) is -1.17. The highest BCUT2D eigenvalue weighted by Gasteiger charge is 2.31. The fourth-order valence-corrected chi connectivity index (χ4v) is 3.83. The van der Waals surface area contributed by atoms with Crippen LogP contribution >= 0.6 is 22.7 Å². The van der Waals surface area contributed by atoms with E-state index in [0.29, 0.717) is 10.3 Å². The van der Waals surface area contributed by atoms with Gasteiger partial charge in [-0.25, -0.2) is 0 Å². The van der Waals surface area contributed by atoms with Gasteiger partial charge in [-0.15, -0.1) is 20.4 Å². The van der Waals surface area contributed by atoms with E-state index >= 15 is 0 Å². The van der Waals surface area contributed by atoms with Crippen molar-refractivity contribution in [1.82, 2.24) is 20.4 Å². The molecule has 0 spiro atoms. The summed E-state index contributed by atoms with van der Waals surface area (Å²) >= 11 is 2.67. The minimum atomic E-state index is -1.28. The molecule has 0 aromatic carbocycles. The fraction of sp³-hybridized carbons (Fsp3) is 0.611. The molecule has 2 rings (SSSR count). The van der Waals surface area contributed by atoms with Crippen LogP contribution in [0.15, 0.2) is 0 Å². The molecule has 2 amide bonds. The first-order chi connectivity index (χ1) is 14.1. The molecule has 0 saturated heterocycles. The number of nitrogens with one attached hydrogen (secondary N) is 2. The quantitative estimate of drug-likeness (QED) is 0.413. The van der Waals surface area contributed by atoms with Gasteiger partial charge in [0.2, 0.25) is 16.2 Å². The second-order valence-corrected chi connectivity index (χ2v) is 9.54. The summed E-state index contributed by atoms with van der Waals surface area (Å²) in [6.45, 7) is 7.92. The van der Waals surface area contributed by atoms with Crippen molar-refractivity contribution in [2.24, 2.45) is 5.92 Å². The Bertz CT molecular complexity index is 893. The number of anilines is 2. The third-order valence-electron chi connectivity index (χ3n) is 3.89. The highest BCUT2D eigenvalue weighted by molar-refractivity contribution is 7.15. The fourth-order valence-electron chi connectivity index (χ4n) is 2.27. The molecule has 0 unspecified atom stereocenters. The Kier molecular flexibility index (Phi) is 8.35. The first-order valence-electron chi connectivity index (χ1n) is 9.53. The second-order valence-electron chi connectivity index (χ2n) is 7.41. The molecule has 2 aromatic heterocycles. The molecule has 0 aliphatic carbocycles. The van der Waals surface area contributed by atoms with E-state index in [-0.39, 0.29) is 11.8 Å². The van der Waals surface area contributed by atoms with Crippen molar-refractivity contribution >= 4 is 50.7 Å². The van der Waals surface area contributed by atoms with E-state index in [4.69, 9.17) is 4.74 Å². The highest BCUT2D eigenvalue weighted by Crippen LogP contribution is 2.21. The van der Waals surface area contributed by atoms with Crippen molar-refractivity contribution in [1.29, 1.82) is 0 Å². The van der Waals surface area contributed by atoms with E-state index in [1.54, 1.807) is 0 Å². The van der Waals surface area contributed by atoms with Crippen molar-refractivity contribution in [2.45, 2.75) is 65.9 Å². The Labute approximate surface area is 182 Å². The standard InChI is InChI=1S/C18H26N6O4S2/c1-10(2)14(26)19-16-23-21-12(29-16)8-6-7-9-13-22-24-17(30-13)20-15(27)18(4,5)28-11(3)25/h10H,6-9H2,1-5H3,(H,19,23,26)(H,20,24,27). The van der Waals surface area contributed by atoms with Crippen molar-refractivity contribution < 1.29 is 19.1 Å². The minimum Gasteiger partial charge on any atom is -0.450 e. The third-order valence-corrected chi connectivity index (χ3v) is 5.68. The molecule has 12 heteroatoms.